The quantitative estimate of drug-likeness (QED) is 0.560. The molecule has 1 aromatic heterocycles. The number of pyridine rings is 1. The number of phenols is 1. The Morgan fingerprint density at radius 2 is 1.96 bits per heavy atom. The van der Waals surface area contributed by atoms with Crippen LogP contribution in [0.15, 0.2) is 54.6 Å². The first-order valence-corrected chi connectivity index (χ1v) is 8.92. The molecule has 3 rings (SSSR count). The number of hydrogen-bond donors (Lipinski definition) is 1. The molecular formula is C18H15NO3Se. The number of hydrogen-bond acceptors (Lipinski definition) is 4. The topological polar surface area (TPSA) is 59.4 Å². The second kappa shape index (κ2) is 6.82. The molecule has 0 saturated heterocycles. The van der Waals surface area contributed by atoms with E-state index in [0.717, 1.165) is 9.85 Å². The monoisotopic (exact) mass is 373 g/mol. The van der Waals surface area contributed by atoms with Crippen LogP contribution in [0.25, 0.3) is 10.9 Å². The van der Waals surface area contributed by atoms with E-state index in [2.05, 4.69) is 17.1 Å². The van der Waals surface area contributed by atoms with Crippen LogP contribution in [-0.2, 0) is 4.74 Å². The molecule has 4 nitrogen and oxygen atoms in total. The van der Waals surface area contributed by atoms with Gasteiger partial charge in [0.25, 0.3) is 0 Å². The van der Waals surface area contributed by atoms with Gasteiger partial charge in [-0.05, 0) is 0 Å². The van der Waals surface area contributed by atoms with Crippen molar-refractivity contribution in [2.75, 3.05) is 6.61 Å². The van der Waals surface area contributed by atoms with Crippen LogP contribution >= 0.6 is 0 Å². The third-order valence-electron chi connectivity index (χ3n) is 3.21. The van der Waals surface area contributed by atoms with E-state index in [9.17, 15) is 9.90 Å². The Bertz CT molecular complexity index is 850. The van der Waals surface area contributed by atoms with Crippen LogP contribution in [0.1, 0.15) is 17.4 Å². The van der Waals surface area contributed by atoms with Gasteiger partial charge in [0.1, 0.15) is 0 Å². The summed E-state index contributed by atoms with van der Waals surface area (Å²) < 4.78 is 7.24. The summed E-state index contributed by atoms with van der Waals surface area (Å²) >= 11 is -0.00249. The fourth-order valence-corrected chi connectivity index (χ4v) is 4.27. The molecule has 0 amide bonds. The number of aromatic hydroxyl groups is 1. The van der Waals surface area contributed by atoms with E-state index in [4.69, 9.17) is 4.74 Å². The van der Waals surface area contributed by atoms with Crippen molar-refractivity contribution in [3.8, 4) is 5.75 Å². The molecule has 0 aliphatic heterocycles. The molecule has 0 aliphatic rings. The van der Waals surface area contributed by atoms with E-state index < -0.39 is 5.97 Å². The summed E-state index contributed by atoms with van der Waals surface area (Å²) in [5.41, 5.74) is 0.985. The Labute approximate surface area is 140 Å². The van der Waals surface area contributed by atoms with Crippen molar-refractivity contribution in [2.24, 2.45) is 0 Å². The second-order valence-corrected chi connectivity index (χ2v) is 7.18. The third kappa shape index (κ3) is 3.52. The molecule has 0 spiro atoms. The molecule has 2 aromatic carbocycles. The van der Waals surface area contributed by atoms with Crippen LogP contribution in [-0.4, -0.2) is 37.6 Å². The number of phenolic OH excluding ortho intramolecular Hbond substituents is 1. The van der Waals surface area contributed by atoms with Crippen LogP contribution in [0.2, 0.25) is 0 Å². The first kappa shape index (κ1) is 15.5. The molecule has 0 fully saturated rings. The molecule has 116 valence electrons. The number of carbonyl (C=O) groups excluding carboxylic acids is 1. The number of carbonyl (C=O) groups is 1. The Kier molecular flexibility index (Phi) is 4.60. The summed E-state index contributed by atoms with van der Waals surface area (Å²) in [6.45, 7) is 2.08. The second-order valence-electron chi connectivity index (χ2n) is 4.84. The van der Waals surface area contributed by atoms with Gasteiger partial charge in [-0.25, -0.2) is 0 Å². The number of ether oxygens (including phenoxy) is 1. The summed E-state index contributed by atoms with van der Waals surface area (Å²) in [4.78, 5) is 16.4. The molecule has 1 heterocycles. The Morgan fingerprint density at radius 1 is 1.17 bits per heavy atom. The summed E-state index contributed by atoms with van der Waals surface area (Å²) in [6, 6.07) is 16.8. The Hall–Kier alpha value is -2.36. The summed E-state index contributed by atoms with van der Waals surface area (Å²) in [5, 5.41) is 10.6. The van der Waals surface area contributed by atoms with E-state index in [1.807, 2.05) is 18.2 Å². The number of aromatic nitrogens is 1. The van der Waals surface area contributed by atoms with E-state index in [1.165, 1.54) is 4.46 Å². The predicted octanol–water partition coefficient (Wildman–Crippen LogP) is 1.77. The average molecular weight is 372 g/mol. The molecule has 0 unspecified atom stereocenters. The van der Waals surface area contributed by atoms with Gasteiger partial charge in [-0.3, -0.25) is 0 Å². The SMILES string of the molecule is CCOC(=O)c1cc([Se]c2ccccc2)c2cc(O)ccc2n1. The van der Waals surface area contributed by atoms with Crippen molar-refractivity contribution in [3.63, 3.8) is 0 Å². The standard InChI is InChI=1S/C18H15NO3Se/c1-2-22-18(21)16-11-17(23-13-6-4-3-5-7-13)14-10-12(20)8-9-15(14)19-16/h3-11,20H,2H2,1H3. The molecule has 0 radical (unpaired) electrons. The van der Waals surface area contributed by atoms with E-state index in [0.29, 0.717) is 17.8 Å². The fraction of sp³-hybridized carbons (Fsp3) is 0.111. The molecule has 5 heteroatoms. The predicted molar refractivity (Wildman–Crippen MR) is 90.8 cm³/mol. The van der Waals surface area contributed by atoms with Crippen molar-refractivity contribution < 1.29 is 14.6 Å². The molecule has 1 N–H and O–H groups in total. The van der Waals surface area contributed by atoms with Crippen molar-refractivity contribution >= 4 is 40.8 Å². The van der Waals surface area contributed by atoms with Crippen molar-refractivity contribution in [1.29, 1.82) is 0 Å². The normalized spacial score (nSPS) is 10.7. The van der Waals surface area contributed by atoms with Crippen LogP contribution in [0, 0.1) is 0 Å². The molecule has 0 bridgehead atoms. The van der Waals surface area contributed by atoms with Gasteiger partial charge in [-0.2, -0.15) is 0 Å². The zero-order valence-electron chi connectivity index (χ0n) is 12.5. The van der Waals surface area contributed by atoms with Crippen LogP contribution in [0.3, 0.4) is 0 Å². The van der Waals surface area contributed by atoms with Crippen LogP contribution < -0.4 is 8.92 Å². The molecule has 0 saturated carbocycles. The number of rotatable bonds is 4. The van der Waals surface area contributed by atoms with Crippen LogP contribution in [0.5, 0.6) is 5.75 Å². The maximum atomic E-state index is 12.0. The Balaban J connectivity index is 2.12. The molecular weight excluding hydrogens is 357 g/mol. The van der Waals surface area contributed by atoms with Gasteiger partial charge < -0.3 is 0 Å². The first-order chi connectivity index (χ1) is 11.2. The van der Waals surface area contributed by atoms with Gasteiger partial charge in [0, 0.05) is 0 Å². The van der Waals surface area contributed by atoms with Gasteiger partial charge in [-0.1, -0.05) is 0 Å². The van der Waals surface area contributed by atoms with Crippen molar-refractivity contribution in [3.05, 3.63) is 60.3 Å². The summed E-state index contributed by atoms with van der Waals surface area (Å²) in [7, 11) is 0. The third-order valence-corrected chi connectivity index (χ3v) is 5.45. The summed E-state index contributed by atoms with van der Waals surface area (Å²) in [5.74, 6) is -0.235. The van der Waals surface area contributed by atoms with Crippen LogP contribution in [0.4, 0.5) is 0 Å². The van der Waals surface area contributed by atoms with Gasteiger partial charge in [0.05, 0.1) is 0 Å². The fourth-order valence-electron chi connectivity index (χ4n) is 2.19. The van der Waals surface area contributed by atoms with Crippen molar-refractivity contribution in [2.45, 2.75) is 6.92 Å². The van der Waals surface area contributed by atoms with Gasteiger partial charge in [0.15, 0.2) is 0 Å². The molecule has 0 aliphatic carbocycles. The number of nitrogens with zero attached hydrogens (tertiary/aromatic N) is 1. The number of fused-ring (bicyclic) bond motifs is 1. The zero-order chi connectivity index (χ0) is 16.2. The van der Waals surface area contributed by atoms with Gasteiger partial charge in [-0.15, -0.1) is 0 Å². The summed E-state index contributed by atoms with van der Waals surface area (Å²) in [6.07, 6.45) is 0. The maximum absolute atomic E-state index is 12.0. The molecule has 3 aromatic rings. The average Bonchev–Trinajstić information content (AvgIpc) is 2.56. The number of benzene rings is 2. The van der Waals surface area contributed by atoms with Gasteiger partial charge >= 0.3 is 140 Å². The van der Waals surface area contributed by atoms with E-state index >= 15 is 0 Å². The molecule has 0 atom stereocenters. The van der Waals surface area contributed by atoms with E-state index in [1.54, 1.807) is 31.2 Å². The number of esters is 1. The Morgan fingerprint density at radius 3 is 2.70 bits per heavy atom. The van der Waals surface area contributed by atoms with E-state index in [-0.39, 0.29) is 20.7 Å². The van der Waals surface area contributed by atoms with Gasteiger partial charge in [0.2, 0.25) is 0 Å². The minimum absolute atomic E-state index is 0.00249. The zero-order valence-corrected chi connectivity index (χ0v) is 14.2. The first-order valence-electron chi connectivity index (χ1n) is 7.21. The molecule has 23 heavy (non-hydrogen) atoms. The van der Waals surface area contributed by atoms with Crippen molar-refractivity contribution in [1.82, 2.24) is 4.98 Å². The minimum atomic E-state index is -0.424.